The quantitative estimate of drug-likeness (QED) is 0.694. The highest BCUT2D eigenvalue weighted by Crippen LogP contribution is 2.40. The second-order valence-electron chi connectivity index (χ2n) is 7.72. The normalized spacial score (nSPS) is 16.9. The second-order valence-corrected chi connectivity index (χ2v) is 7.72. The van der Waals surface area contributed by atoms with Gasteiger partial charge in [-0.25, -0.2) is 4.68 Å². The average Bonchev–Trinajstić information content (AvgIpc) is 3.48. The molecule has 1 aliphatic carbocycles. The van der Waals surface area contributed by atoms with Crippen molar-refractivity contribution in [1.82, 2.24) is 20.4 Å². The number of benzene rings is 2. The van der Waals surface area contributed by atoms with Gasteiger partial charge >= 0.3 is 0 Å². The molecule has 1 saturated heterocycles. The van der Waals surface area contributed by atoms with Gasteiger partial charge in [0.15, 0.2) is 0 Å². The highest BCUT2D eigenvalue weighted by atomic mass is 16.5. The van der Waals surface area contributed by atoms with E-state index in [0.717, 1.165) is 41.3 Å². The summed E-state index contributed by atoms with van der Waals surface area (Å²) in [7, 11) is 1.67. The Kier molecular flexibility index (Phi) is 4.37. The molecular formula is C22H24N4O2. The molecule has 28 heavy (non-hydrogen) atoms. The van der Waals surface area contributed by atoms with Crippen LogP contribution in [-0.2, 0) is 11.3 Å². The van der Waals surface area contributed by atoms with E-state index >= 15 is 0 Å². The van der Waals surface area contributed by atoms with Crippen molar-refractivity contribution in [2.24, 2.45) is 0 Å². The van der Waals surface area contributed by atoms with E-state index in [-0.39, 0.29) is 11.9 Å². The summed E-state index contributed by atoms with van der Waals surface area (Å²) in [5.74, 6) is 0.683. The van der Waals surface area contributed by atoms with Crippen LogP contribution in [0.2, 0.25) is 0 Å². The van der Waals surface area contributed by atoms with E-state index in [2.05, 4.69) is 34.9 Å². The summed E-state index contributed by atoms with van der Waals surface area (Å²) >= 11 is 0. The van der Waals surface area contributed by atoms with Crippen molar-refractivity contribution in [3.05, 3.63) is 59.3 Å². The van der Waals surface area contributed by atoms with Gasteiger partial charge < -0.3 is 15.4 Å². The number of fused-ring (bicyclic) bond motifs is 1. The second kappa shape index (κ2) is 7.04. The molecule has 0 bridgehead atoms. The van der Waals surface area contributed by atoms with Crippen molar-refractivity contribution < 1.29 is 9.53 Å². The number of carbonyl (C=O) groups is 1. The lowest BCUT2D eigenvalue weighted by Gasteiger charge is -2.27. The zero-order valence-corrected chi connectivity index (χ0v) is 15.9. The Morgan fingerprint density at radius 3 is 2.64 bits per heavy atom. The first-order valence-electron chi connectivity index (χ1n) is 9.85. The largest absolute Gasteiger partial charge is 0.378 e. The SMILES string of the molecule is COCc1nn(-c2ccc(C3CC3)cc2)c2cc(C(=O)NC3CNC3)ccc12. The van der Waals surface area contributed by atoms with Crippen molar-refractivity contribution in [2.75, 3.05) is 20.2 Å². The van der Waals surface area contributed by atoms with Crippen LogP contribution in [-0.4, -0.2) is 41.9 Å². The van der Waals surface area contributed by atoms with E-state index in [9.17, 15) is 4.79 Å². The predicted octanol–water partition coefficient (Wildman–Crippen LogP) is 2.75. The van der Waals surface area contributed by atoms with Gasteiger partial charge in [-0.2, -0.15) is 5.10 Å². The molecule has 0 atom stereocenters. The molecule has 2 fully saturated rings. The average molecular weight is 376 g/mol. The molecule has 3 aromatic rings. The Morgan fingerprint density at radius 1 is 1.21 bits per heavy atom. The van der Waals surface area contributed by atoms with E-state index in [1.165, 1.54) is 18.4 Å². The van der Waals surface area contributed by atoms with Gasteiger partial charge in [0.2, 0.25) is 0 Å². The molecule has 0 radical (unpaired) electrons. The minimum absolute atomic E-state index is 0.0430. The highest BCUT2D eigenvalue weighted by molar-refractivity contribution is 5.98. The standard InChI is InChI=1S/C22H24N4O2/c1-28-13-20-19-9-6-16(22(27)24-17-11-23-12-17)10-21(19)26(25-20)18-7-4-15(5-8-18)14-2-3-14/h4-10,14,17,23H,2-3,11-13H2,1H3,(H,24,27). The van der Waals surface area contributed by atoms with E-state index in [0.29, 0.717) is 12.2 Å². The maximum atomic E-state index is 12.6. The molecule has 2 N–H and O–H groups in total. The van der Waals surface area contributed by atoms with E-state index < -0.39 is 0 Å². The zero-order chi connectivity index (χ0) is 19.1. The summed E-state index contributed by atoms with van der Waals surface area (Å²) in [6.45, 7) is 2.09. The molecule has 144 valence electrons. The molecule has 2 aromatic carbocycles. The fraction of sp³-hybridized carbons (Fsp3) is 0.364. The molecular weight excluding hydrogens is 352 g/mol. The minimum Gasteiger partial charge on any atom is -0.378 e. The zero-order valence-electron chi connectivity index (χ0n) is 15.9. The number of nitrogens with one attached hydrogen (secondary N) is 2. The molecule has 6 heteroatoms. The van der Waals surface area contributed by atoms with Gasteiger partial charge in [-0.3, -0.25) is 4.79 Å². The van der Waals surface area contributed by atoms with Crippen LogP contribution >= 0.6 is 0 Å². The number of rotatable bonds is 6. The van der Waals surface area contributed by atoms with Gasteiger partial charge in [-0.15, -0.1) is 0 Å². The number of carbonyl (C=O) groups excluding carboxylic acids is 1. The molecule has 1 saturated carbocycles. The topological polar surface area (TPSA) is 68.2 Å². The maximum absolute atomic E-state index is 12.6. The van der Waals surface area contributed by atoms with Gasteiger partial charge in [-0.05, 0) is 48.6 Å². The number of hydrogen-bond acceptors (Lipinski definition) is 4. The third-order valence-corrected chi connectivity index (χ3v) is 5.60. The van der Waals surface area contributed by atoms with Gasteiger partial charge in [0.25, 0.3) is 5.91 Å². The lowest BCUT2D eigenvalue weighted by atomic mass is 10.1. The predicted molar refractivity (Wildman–Crippen MR) is 108 cm³/mol. The molecule has 0 spiro atoms. The molecule has 1 aromatic heterocycles. The fourth-order valence-corrected chi connectivity index (χ4v) is 3.72. The van der Waals surface area contributed by atoms with Gasteiger partial charge in [0.1, 0.15) is 0 Å². The molecule has 2 heterocycles. The number of methoxy groups -OCH3 is 1. The van der Waals surface area contributed by atoms with Crippen LogP contribution in [0.1, 0.15) is 40.4 Å². The molecule has 5 rings (SSSR count). The summed E-state index contributed by atoms with van der Waals surface area (Å²) in [6, 6.07) is 14.6. The lowest BCUT2D eigenvalue weighted by Crippen LogP contribution is -2.56. The molecule has 1 aliphatic heterocycles. The van der Waals surface area contributed by atoms with E-state index in [1.807, 2.05) is 22.9 Å². The summed E-state index contributed by atoms with van der Waals surface area (Å²) < 4.78 is 7.25. The Hall–Kier alpha value is -2.70. The fourth-order valence-electron chi connectivity index (χ4n) is 3.72. The summed E-state index contributed by atoms with van der Waals surface area (Å²) in [4.78, 5) is 12.6. The Balaban J connectivity index is 1.53. The first kappa shape index (κ1) is 17.4. The van der Waals surface area contributed by atoms with Crippen LogP contribution in [0.25, 0.3) is 16.6 Å². The van der Waals surface area contributed by atoms with Gasteiger partial charge in [0.05, 0.1) is 29.5 Å². The molecule has 0 unspecified atom stereocenters. The van der Waals surface area contributed by atoms with Crippen LogP contribution in [0.5, 0.6) is 0 Å². The van der Waals surface area contributed by atoms with Crippen LogP contribution in [0.3, 0.4) is 0 Å². The van der Waals surface area contributed by atoms with E-state index in [4.69, 9.17) is 9.84 Å². The first-order chi connectivity index (χ1) is 13.7. The maximum Gasteiger partial charge on any atom is 0.251 e. The minimum atomic E-state index is -0.0430. The van der Waals surface area contributed by atoms with E-state index in [1.54, 1.807) is 7.11 Å². The van der Waals surface area contributed by atoms with Crippen LogP contribution in [0, 0.1) is 0 Å². The number of nitrogens with zero attached hydrogens (tertiary/aromatic N) is 2. The lowest BCUT2D eigenvalue weighted by molar-refractivity contribution is 0.0924. The number of ether oxygens (including phenoxy) is 1. The van der Waals surface area contributed by atoms with Crippen LogP contribution < -0.4 is 10.6 Å². The molecule has 6 nitrogen and oxygen atoms in total. The van der Waals surface area contributed by atoms with Gasteiger partial charge in [-0.1, -0.05) is 18.2 Å². The highest BCUT2D eigenvalue weighted by Gasteiger charge is 2.24. The van der Waals surface area contributed by atoms with Crippen LogP contribution in [0.15, 0.2) is 42.5 Å². The molecule has 1 amide bonds. The summed E-state index contributed by atoms with van der Waals surface area (Å²) in [6.07, 6.45) is 2.58. The number of hydrogen-bond donors (Lipinski definition) is 2. The molecule has 2 aliphatic rings. The van der Waals surface area contributed by atoms with Crippen molar-refractivity contribution in [3.8, 4) is 5.69 Å². The smallest absolute Gasteiger partial charge is 0.251 e. The number of amides is 1. The van der Waals surface area contributed by atoms with Crippen molar-refractivity contribution in [3.63, 3.8) is 0 Å². The third-order valence-electron chi connectivity index (χ3n) is 5.60. The van der Waals surface area contributed by atoms with Gasteiger partial charge in [0, 0.05) is 31.1 Å². The van der Waals surface area contributed by atoms with Crippen molar-refractivity contribution in [2.45, 2.75) is 31.4 Å². The van der Waals surface area contributed by atoms with Crippen molar-refractivity contribution in [1.29, 1.82) is 0 Å². The Morgan fingerprint density at radius 2 is 2.00 bits per heavy atom. The Labute approximate surface area is 163 Å². The monoisotopic (exact) mass is 376 g/mol. The number of aromatic nitrogens is 2. The van der Waals surface area contributed by atoms with Crippen molar-refractivity contribution >= 4 is 16.8 Å². The first-order valence-corrected chi connectivity index (χ1v) is 9.85. The summed E-state index contributed by atoms with van der Waals surface area (Å²) in [5.41, 5.74) is 4.84. The van der Waals surface area contributed by atoms with Crippen LogP contribution in [0.4, 0.5) is 0 Å². The third kappa shape index (κ3) is 3.19. The summed E-state index contributed by atoms with van der Waals surface area (Å²) in [5, 5.41) is 12.0. The Bertz CT molecular complexity index is 1020.